The number of esters is 1. The molecule has 0 saturated heterocycles. The lowest BCUT2D eigenvalue weighted by Gasteiger charge is -2.16. The molecule has 4 N–H and O–H groups in total. The van der Waals surface area contributed by atoms with Crippen molar-refractivity contribution in [3.05, 3.63) is 0 Å². The fourth-order valence-electron chi connectivity index (χ4n) is 0.560. The predicted molar refractivity (Wildman–Crippen MR) is 53.9 cm³/mol. The summed E-state index contributed by atoms with van der Waals surface area (Å²) in [6.45, 7) is 0.470. The lowest BCUT2D eigenvalue weighted by Crippen LogP contribution is -2.40. The molecule has 0 bridgehead atoms. The van der Waals surface area contributed by atoms with E-state index in [2.05, 4.69) is 4.74 Å². The van der Waals surface area contributed by atoms with E-state index in [1.54, 1.807) is 0 Å². The maximum absolute atomic E-state index is 9.94. The first-order valence-electron chi connectivity index (χ1n) is 4.51. The van der Waals surface area contributed by atoms with Crippen LogP contribution >= 0.6 is 0 Å². The van der Waals surface area contributed by atoms with Crippen molar-refractivity contribution in [2.45, 2.75) is 25.2 Å². The molecule has 3 atom stereocenters. The molecule has 0 heterocycles. The number of Topliss-reactive ketones (excluding diaryl/α,β-unsaturated/α-hetero) is 1. The van der Waals surface area contributed by atoms with E-state index in [1.807, 2.05) is 0 Å². The van der Waals surface area contributed by atoms with Crippen LogP contribution in [0.3, 0.4) is 0 Å². The molecule has 8 nitrogen and oxygen atoms in total. The Morgan fingerprint density at radius 1 is 1.29 bits per heavy atom. The van der Waals surface area contributed by atoms with Gasteiger partial charge in [-0.25, -0.2) is 4.79 Å². The minimum absolute atomic E-state index is 0.0869. The highest BCUT2D eigenvalue weighted by molar-refractivity contribution is 6.32. The molecule has 0 radical (unpaired) electrons. The van der Waals surface area contributed by atoms with Gasteiger partial charge >= 0.3 is 5.97 Å². The highest BCUT2D eigenvalue weighted by Crippen LogP contribution is 1.96. The Balaban J connectivity index is 0. The molecule has 0 aromatic heterocycles. The van der Waals surface area contributed by atoms with Gasteiger partial charge in [-0.15, -0.1) is 0 Å². The molecule has 100 valence electrons. The second kappa shape index (κ2) is 9.85. The van der Waals surface area contributed by atoms with Crippen LogP contribution in [0.15, 0.2) is 0 Å². The highest BCUT2D eigenvalue weighted by atomic mass is 16.5. The number of methoxy groups -OCH3 is 1. The number of hydrogen-bond acceptors (Lipinski definition) is 8. The minimum atomic E-state index is -1.64. The number of aliphatic hydroxyl groups is 4. The van der Waals surface area contributed by atoms with Gasteiger partial charge in [0.2, 0.25) is 5.78 Å². The van der Waals surface area contributed by atoms with Crippen LogP contribution in [0.5, 0.6) is 0 Å². The van der Waals surface area contributed by atoms with Gasteiger partial charge in [0.1, 0.15) is 18.3 Å². The first-order chi connectivity index (χ1) is 7.81. The van der Waals surface area contributed by atoms with E-state index in [1.165, 1.54) is 7.11 Å². The molecule has 0 aromatic carbocycles. The van der Waals surface area contributed by atoms with E-state index in [4.69, 9.17) is 20.4 Å². The van der Waals surface area contributed by atoms with Crippen LogP contribution < -0.4 is 0 Å². The molecular formula is C9H16O8. The number of ketones is 1. The molecular weight excluding hydrogens is 236 g/mol. The van der Waals surface area contributed by atoms with E-state index in [9.17, 15) is 14.4 Å². The smallest absolute Gasteiger partial charge is 0.374 e. The number of rotatable bonds is 5. The van der Waals surface area contributed by atoms with Crippen molar-refractivity contribution in [3.8, 4) is 0 Å². The summed E-state index contributed by atoms with van der Waals surface area (Å²) in [4.78, 5) is 29.6. The number of aldehydes is 1. The second-order valence-corrected chi connectivity index (χ2v) is 2.91. The normalized spacial score (nSPS) is 14.7. The van der Waals surface area contributed by atoms with Crippen molar-refractivity contribution in [3.63, 3.8) is 0 Å². The number of ether oxygens (including phenoxy) is 1. The van der Waals surface area contributed by atoms with Crippen LogP contribution in [0.25, 0.3) is 0 Å². The Bertz CT molecular complexity index is 251. The first-order valence-corrected chi connectivity index (χ1v) is 4.51. The molecule has 3 unspecified atom stereocenters. The van der Waals surface area contributed by atoms with Crippen molar-refractivity contribution >= 4 is 18.0 Å². The average Bonchev–Trinajstić information content (AvgIpc) is 2.35. The molecule has 0 aliphatic heterocycles. The number of carbonyl (C=O) groups is 3. The van der Waals surface area contributed by atoms with Crippen molar-refractivity contribution in [2.75, 3.05) is 13.7 Å². The third-order valence-electron chi connectivity index (χ3n) is 1.54. The van der Waals surface area contributed by atoms with E-state index >= 15 is 0 Å². The van der Waals surface area contributed by atoms with Crippen molar-refractivity contribution in [1.82, 2.24) is 0 Å². The molecule has 0 fully saturated rings. The van der Waals surface area contributed by atoms with Crippen LogP contribution in [0.2, 0.25) is 0 Å². The van der Waals surface area contributed by atoms with Crippen LogP contribution in [0.1, 0.15) is 6.92 Å². The van der Waals surface area contributed by atoms with Crippen LogP contribution in [-0.2, 0) is 19.1 Å². The Hall–Kier alpha value is -1.35. The zero-order valence-corrected chi connectivity index (χ0v) is 9.44. The summed E-state index contributed by atoms with van der Waals surface area (Å²) < 4.78 is 4.02. The van der Waals surface area contributed by atoms with Crippen molar-refractivity contribution in [1.29, 1.82) is 0 Å². The molecule has 8 heteroatoms. The molecule has 0 aliphatic rings. The van der Waals surface area contributed by atoms with E-state index in [0.717, 1.165) is 6.92 Å². The van der Waals surface area contributed by atoms with Gasteiger partial charge in [0, 0.05) is 6.92 Å². The van der Waals surface area contributed by atoms with Crippen LogP contribution in [0.4, 0.5) is 0 Å². The summed E-state index contributed by atoms with van der Waals surface area (Å²) >= 11 is 0. The number of aliphatic hydroxyl groups excluding tert-OH is 4. The molecule has 0 spiro atoms. The molecule has 0 rings (SSSR count). The number of carbonyl (C=O) groups excluding carboxylic acids is 3. The largest absolute Gasteiger partial charge is 0.463 e. The maximum atomic E-state index is 9.94. The highest BCUT2D eigenvalue weighted by Gasteiger charge is 2.22. The number of hydrogen-bond donors (Lipinski definition) is 4. The summed E-state index contributed by atoms with van der Waals surface area (Å²) in [7, 11) is 1.17. The minimum Gasteiger partial charge on any atom is -0.463 e. The van der Waals surface area contributed by atoms with Gasteiger partial charge in [-0.2, -0.15) is 0 Å². The summed E-state index contributed by atoms with van der Waals surface area (Å²) in [5, 5.41) is 34.1. The van der Waals surface area contributed by atoms with Gasteiger partial charge in [-0.05, 0) is 0 Å². The summed E-state index contributed by atoms with van der Waals surface area (Å²) in [6, 6.07) is 0. The average molecular weight is 252 g/mol. The fraction of sp³-hybridized carbons (Fsp3) is 0.667. The van der Waals surface area contributed by atoms with E-state index in [0.29, 0.717) is 0 Å². The van der Waals surface area contributed by atoms with E-state index < -0.39 is 36.7 Å². The van der Waals surface area contributed by atoms with Crippen LogP contribution in [-0.4, -0.2) is 70.5 Å². The maximum Gasteiger partial charge on any atom is 0.374 e. The third kappa shape index (κ3) is 8.46. The molecule has 0 saturated carbocycles. The first kappa shape index (κ1) is 18.0. The summed E-state index contributed by atoms with van der Waals surface area (Å²) in [5.41, 5.74) is 0. The Morgan fingerprint density at radius 3 is 1.94 bits per heavy atom. The standard InChI is InChI=1S/C5H10O5.C4H6O3/c6-1-3(8)5(10)4(9)2-7;1-3(5)4(6)7-2/h1,3-5,7-10H,2H2;1-2H3. The van der Waals surface area contributed by atoms with Crippen molar-refractivity contribution < 1.29 is 39.5 Å². The van der Waals surface area contributed by atoms with Gasteiger partial charge in [-0.1, -0.05) is 0 Å². The van der Waals surface area contributed by atoms with E-state index in [-0.39, 0.29) is 6.29 Å². The topological polar surface area (TPSA) is 141 Å². The van der Waals surface area contributed by atoms with Crippen LogP contribution in [0, 0.1) is 0 Å². The van der Waals surface area contributed by atoms with Gasteiger partial charge in [0.25, 0.3) is 0 Å². The summed E-state index contributed by atoms with van der Waals surface area (Å²) in [6.07, 6.45) is -4.63. The van der Waals surface area contributed by atoms with Gasteiger partial charge < -0.3 is 30.0 Å². The Kier molecular flexibility index (Phi) is 10.4. The molecule has 0 amide bonds. The van der Waals surface area contributed by atoms with Gasteiger partial charge in [-0.3, -0.25) is 4.79 Å². The molecule has 0 aliphatic carbocycles. The Labute approximate surface area is 97.4 Å². The fourth-order valence-corrected chi connectivity index (χ4v) is 0.560. The quantitative estimate of drug-likeness (QED) is 0.230. The summed E-state index contributed by atoms with van der Waals surface area (Å²) in [5.74, 6) is -1.36. The van der Waals surface area contributed by atoms with Gasteiger partial charge in [0.15, 0.2) is 6.29 Å². The lowest BCUT2D eigenvalue weighted by atomic mass is 10.1. The molecule has 17 heavy (non-hydrogen) atoms. The van der Waals surface area contributed by atoms with Crippen molar-refractivity contribution in [2.24, 2.45) is 0 Å². The third-order valence-corrected chi connectivity index (χ3v) is 1.54. The lowest BCUT2D eigenvalue weighted by molar-refractivity contribution is -0.150. The zero-order chi connectivity index (χ0) is 14.0. The van der Waals surface area contributed by atoms with Gasteiger partial charge in [0.05, 0.1) is 13.7 Å². The second-order valence-electron chi connectivity index (χ2n) is 2.91. The predicted octanol–water partition coefficient (Wildman–Crippen LogP) is -2.99. The monoisotopic (exact) mass is 252 g/mol. The SMILES string of the molecule is COC(=O)C(C)=O.O=CC(O)C(O)C(O)CO. The zero-order valence-electron chi connectivity index (χ0n) is 9.44. The Morgan fingerprint density at radius 2 is 1.76 bits per heavy atom. The molecule has 0 aromatic rings.